The van der Waals surface area contributed by atoms with Gasteiger partial charge in [-0.25, -0.2) is 9.97 Å². The number of pyridine rings is 1. The predicted molar refractivity (Wildman–Crippen MR) is 78.1 cm³/mol. The van der Waals surface area contributed by atoms with Crippen LogP contribution < -0.4 is 0 Å². The first-order valence-electron chi connectivity index (χ1n) is 6.85. The summed E-state index contributed by atoms with van der Waals surface area (Å²) in [6.45, 7) is 1.97. The molecule has 3 rings (SSSR count). The van der Waals surface area contributed by atoms with Gasteiger partial charge in [0.2, 0.25) is 0 Å². The molecule has 0 amide bonds. The molecule has 0 unspecified atom stereocenters. The van der Waals surface area contributed by atoms with Gasteiger partial charge < -0.3 is 9.67 Å². The SMILES string of the molecule is Cc1ccc2nc(SCC(=O)O)n(C3CCCC3)c2n1. The Hall–Kier alpha value is -1.56. The van der Waals surface area contributed by atoms with Crippen molar-refractivity contribution in [3.8, 4) is 0 Å². The highest BCUT2D eigenvalue weighted by atomic mass is 32.2. The molecule has 106 valence electrons. The maximum absolute atomic E-state index is 10.8. The van der Waals surface area contributed by atoms with Crippen LogP contribution in [0.15, 0.2) is 17.3 Å². The fourth-order valence-corrected chi connectivity index (χ4v) is 3.56. The van der Waals surface area contributed by atoms with Crippen molar-refractivity contribution in [2.45, 2.75) is 43.8 Å². The number of aromatic nitrogens is 3. The molecule has 20 heavy (non-hydrogen) atoms. The number of carbonyl (C=O) groups is 1. The Kier molecular flexibility index (Phi) is 3.65. The molecule has 2 aromatic rings. The number of fused-ring (bicyclic) bond motifs is 1. The highest BCUT2D eigenvalue weighted by molar-refractivity contribution is 7.99. The van der Waals surface area contributed by atoms with Gasteiger partial charge in [0.1, 0.15) is 5.52 Å². The lowest BCUT2D eigenvalue weighted by Crippen LogP contribution is -2.08. The Morgan fingerprint density at radius 3 is 2.85 bits per heavy atom. The number of nitrogens with zero attached hydrogens (tertiary/aromatic N) is 3. The van der Waals surface area contributed by atoms with Crippen LogP contribution in [0.3, 0.4) is 0 Å². The molecule has 0 bridgehead atoms. The average Bonchev–Trinajstić information content (AvgIpc) is 3.02. The van der Waals surface area contributed by atoms with Gasteiger partial charge in [-0.15, -0.1) is 0 Å². The van der Waals surface area contributed by atoms with E-state index < -0.39 is 5.97 Å². The van der Waals surface area contributed by atoms with E-state index >= 15 is 0 Å². The van der Waals surface area contributed by atoms with Crippen molar-refractivity contribution in [1.29, 1.82) is 0 Å². The number of imidazole rings is 1. The van der Waals surface area contributed by atoms with Crippen molar-refractivity contribution in [1.82, 2.24) is 14.5 Å². The number of hydrogen-bond donors (Lipinski definition) is 1. The molecule has 0 aromatic carbocycles. The Labute approximate surface area is 121 Å². The maximum Gasteiger partial charge on any atom is 0.313 e. The molecule has 0 aliphatic heterocycles. The van der Waals surface area contributed by atoms with Crippen molar-refractivity contribution in [3.05, 3.63) is 17.8 Å². The summed E-state index contributed by atoms with van der Waals surface area (Å²) in [6.07, 6.45) is 4.70. The zero-order valence-electron chi connectivity index (χ0n) is 11.4. The predicted octanol–water partition coefficient (Wildman–Crippen LogP) is 3.03. The quantitative estimate of drug-likeness (QED) is 0.877. The lowest BCUT2D eigenvalue weighted by atomic mass is 10.2. The molecule has 0 atom stereocenters. The van der Waals surface area contributed by atoms with E-state index in [0.717, 1.165) is 34.9 Å². The van der Waals surface area contributed by atoms with E-state index in [1.165, 1.54) is 24.6 Å². The highest BCUT2D eigenvalue weighted by Gasteiger charge is 2.24. The fourth-order valence-electron chi connectivity index (χ4n) is 2.77. The van der Waals surface area contributed by atoms with E-state index in [2.05, 4.69) is 14.5 Å². The van der Waals surface area contributed by atoms with Crippen LogP contribution in [-0.4, -0.2) is 31.4 Å². The van der Waals surface area contributed by atoms with Crippen LogP contribution in [0.5, 0.6) is 0 Å². The number of rotatable bonds is 4. The van der Waals surface area contributed by atoms with Gasteiger partial charge in [0.05, 0.1) is 5.75 Å². The lowest BCUT2D eigenvalue weighted by molar-refractivity contribution is -0.133. The molecule has 0 radical (unpaired) electrons. The van der Waals surface area contributed by atoms with E-state index in [0.29, 0.717) is 6.04 Å². The zero-order valence-corrected chi connectivity index (χ0v) is 12.2. The third-order valence-corrected chi connectivity index (χ3v) is 4.60. The van der Waals surface area contributed by atoms with Crippen molar-refractivity contribution in [2.75, 3.05) is 5.75 Å². The summed E-state index contributed by atoms with van der Waals surface area (Å²) in [5, 5.41) is 9.66. The summed E-state index contributed by atoms with van der Waals surface area (Å²) in [7, 11) is 0. The van der Waals surface area contributed by atoms with Gasteiger partial charge in [-0.05, 0) is 31.9 Å². The molecule has 6 heteroatoms. The summed E-state index contributed by atoms with van der Waals surface area (Å²) in [5.74, 6) is -0.779. The van der Waals surface area contributed by atoms with Crippen LogP contribution in [0.1, 0.15) is 37.4 Å². The van der Waals surface area contributed by atoms with Crippen LogP contribution in [0.2, 0.25) is 0 Å². The summed E-state index contributed by atoms with van der Waals surface area (Å²) in [6, 6.07) is 4.32. The van der Waals surface area contributed by atoms with Crippen molar-refractivity contribution >= 4 is 28.9 Å². The van der Waals surface area contributed by atoms with Crippen LogP contribution in [0.25, 0.3) is 11.2 Å². The van der Waals surface area contributed by atoms with E-state index in [-0.39, 0.29) is 5.75 Å². The maximum atomic E-state index is 10.8. The zero-order chi connectivity index (χ0) is 14.1. The first-order valence-corrected chi connectivity index (χ1v) is 7.84. The molecule has 0 saturated heterocycles. The molecule has 1 saturated carbocycles. The van der Waals surface area contributed by atoms with Gasteiger partial charge in [0, 0.05) is 11.7 Å². The molecular weight excluding hydrogens is 274 g/mol. The Bertz CT molecular complexity index is 647. The molecule has 1 aliphatic rings. The van der Waals surface area contributed by atoms with Gasteiger partial charge in [0.15, 0.2) is 10.8 Å². The summed E-state index contributed by atoms with van der Waals surface area (Å²) in [4.78, 5) is 20.0. The number of hydrogen-bond acceptors (Lipinski definition) is 4. The minimum Gasteiger partial charge on any atom is -0.481 e. The molecule has 5 nitrogen and oxygen atoms in total. The number of carboxylic acid groups (broad SMARTS) is 1. The number of aliphatic carboxylic acids is 1. The smallest absolute Gasteiger partial charge is 0.313 e. The molecule has 1 fully saturated rings. The topological polar surface area (TPSA) is 68.0 Å². The lowest BCUT2D eigenvalue weighted by Gasteiger charge is -2.15. The Morgan fingerprint density at radius 1 is 1.40 bits per heavy atom. The summed E-state index contributed by atoms with van der Waals surface area (Å²) < 4.78 is 2.16. The van der Waals surface area contributed by atoms with Gasteiger partial charge >= 0.3 is 5.97 Å². The van der Waals surface area contributed by atoms with Crippen LogP contribution >= 0.6 is 11.8 Å². The van der Waals surface area contributed by atoms with Gasteiger partial charge in [0.25, 0.3) is 0 Å². The van der Waals surface area contributed by atoms with E-state index in [4.69, 9.17) is 5.11 Å². The average molecular weight is 291 g/mol. The van der Waals surface area contributed by atoms with Crippen LogP contribution in [-0.2, 0) is 4.79 Å². The van der Waals surface area contributed by atoms with Crippen LogP contribution in [0.4, 0.5) is 0 Å². The third kappa shape index (κ3) is 2.52. The van der Waals surface area contributed by atoms with Crippen molar-refractivity contribution in [2.24, 2.45) is 0 Å². The van der Waals surface area contributed by atoms with Gasteiger partial charge in [-0.2, -0.15) is 0 Å². The molecule has 1 aliphatic carbocycles. The molecule has 1 N–H and O–H groups in total. The highest BCUT2D eigenvalue weighted by Crippen LogP contribution is 2.35. The summed E-state index contributed by atoms with van der Waals surface area (Å²) >= 11 is 1.29. The Balaban J connectivity index is 2.06. The Morgan fingerprint density at radius 2 is 2.15 bits per heavy atom. The van der Waals surface area contributed by atoms with Gasteiger partial charge in [-0.3, -0.25) is 4.79 Å². The number of aryl methyl sites for hydroxylation is 1. The first kappa shape index (κ1) is 13.4. The van der Waals surface area contributed by atoms with Crippen molar-refractivity contribution in [3.63, 3.8) is 0 Å². The number of thioether (sulfide) groups is 1. The second-order valence-corrected chi connectivity index (χ2v) is 6.12. The largest absolute Gasteiger partial charge is 0.481 e. The number of carboxylic acids is 1. The van der Waals surface area contributed by atoms with Crippen LogP contribution in [0, 0.1) is 6.92 Å². The molecule has 0 spiro atoms. The standard InChI is InChI=1S/C14H17N3O2S/c1-9-6-7-11-13(15-9)17(10-4-2-3-5-10)14(16-11)20-8-12(18)19/h6-7,10H,2-5,8H2,1H3,(H,18,19). The summed E-state index contributed by atoms with van der Waals surface area (Å²) in [5.41, 5.74) is 2.71. The second kappa shape index (κ2) is 5.44. The van der Waals surface area contributed by atoms with Crippen molar-refractivity contribution < 1.29 is 9.90 Å². The van der Waals surface area contributed by atoms with E-state index in [9.17, 15) is 4.79 Å². The van der Waals surface area contributed by atoms with E-state index in [1.54, 1.807) is 0 Å². The monoisotopic (exact) mass is 291 g/mol. The normalized spacial score (nSPS) is 16.1. The molecule has 2 aromatic heterocycles. The second-order valence-electron chi connectivity index (χ2n) is 5.18. The molecular formula is C14H17N3O2S. The van der Waals surface area contributed by atoms with Gasteiger partial charge in [-0.1, -0.05) is 24.6 Å². The minimum absolute atomic E-state index is 0.0367. The fraction of sp³-hybridized carbons (Fsp3) is 0.500. The first-order chi connectivity index (χ1) is 9.65. The van der Waals surface area contributed by atoms with E-state index in [1.807, 2.05) is 19.1 Å². The molecule has 2 heterocycles. The third-order valence-electron chi connectivity index (χ3n) is 3.66. The minimum atomic E-state index is -0.816.